The molecule has 0 N–H and O–H groups in total. The number of carbonyl (C=O) groups excluding carboxylic acids is 1. The molecule has 3 heterocycles. The fraction of sp³-hybridized carbons (Fsp3) is 0.400. The smallest absolute Gasteiger partial charge is 0.295 e. The molecule has 7 nitrogen and oxygen atoms in total. The molecule has 1 aliphatic rings. The van der Waals surface area contributed by atoms with Gasteiger partial charge in [-0.3, -0.25) is 14.6 Å². The van der Waals surface area contributed by atoms with Gasteiger partial charge >= 0.3 is 0 Å². The van der Waals surface area contributed by atoms with Crippen LogP contribution in [0, 0.1) is 0 Å². The van der Waals surface area contributed by atoms with E-state index in [4.69, 9.17) is 18.9 Å². The van der Waals surface area contributed by atoms with Crippen LogP contribution in [0.15, 0.2) is 39.4 Å². The molecule has 3 aromatic rings. The third-order valence-corrected chi connectivity index (χ3v) is 6.13. The van der Waals surface area contributed by atoms with E-state index in [0.717, 1.165) is 48.8 Å². The average Bonchev–Trinajstić information content (AvgIpc) is 3.35. The van der Waals surface area contributed by atoms with Gasteiger partial charge in [0.05, 0.1) is 30.0 Å². The fourth-order valence-corrected chi connectivity index (χ4v) is 4.50. The second-order valence-electron chi connectivity index (χ2n) is 6.57. The van der Waals surface area contributed by atoms with Crippen LogP contribution in [0.1, 0.15) is 17.5 Å². The van der Waals surface area contributed by atoms with Gasteiger partial charge in [0, 0.05) is 26.2 Å². The predicted octanol–water partition coefficient (Wildman–Crippen LogP) is 4.03. The highest BCUT2D eigenvalue weighted by atomic mass is 79.9. The number of fused-ring (bicyclic) bond motifs is 1. The highest BCUT2D eigenvalue weighted by Crippen LogP contribution is 2.32. The van der Waals surface area contributed by atoms with Crippen molar-refractivity contribution in [2.75, 3.05) is 50.9 Å². The quantitative estimate of drug-likeness (QED) is 0.509. The van der Waals surface area contributed by atoms with Crippen molar-refractivity contribution in [1.82, 2.24) is 9.88 Å². The first kappa shape index (κ1) is 20.3. The maximum absolute atomic E-state index is 13.2. The third-order valence-electron chi connectivity index (χ3n) is 4.66. The number of furan rings is 1. The summed E-state index contributed by atoms with van der Waals surface area (Å²) in [7, 11) is 0. The summed E-state index contributed by atoms with van der Waals surface area (Å²) in [5.74, 6) is 0.887. The zero-order chi connectivity index (χ0) is 20.2. The Kier molecular flexibility index (Phi) is 6.49. The minimum Gasteiger partial charge on any atom is -0.494 e. The van der Waals surface area contributed by atoms with Gasteiger partial charge in [-0.1, -0.05) is 11.3 Å². The number of morpholine rings is 1. The van der Waals surface area contributed by atoms with E-state index in [1.165, 1.54) is 11.3 Å². The van der Waals surface area contributed by atoms with E-state index in [0.29, 0.717) is 23.0 Å². The van der Waals surface area contributed by atoms with E-state index in [1.807, 2.05) is 25.1 Å². The first-order valence-corrected chi connectivity index (χ1v) is 11.2. The van der Waals surface area contributed by atoms with Crippen LogP contribution in [0.5, 0.6) is 5.75 Å². The predicted molar refractivity (Wildman–Crippen MR) is 116 cm³/mol. The number of anilines is 1. The fourth-order valence-electron chi connectivity index (χ4n) is 3.18. The van der Waals surface area contributed by atoms with Gasteiger partial charge in [0.1, 0.15) is 5.75 Å². The zero-order valence-corrected chi connectivity index (χ0v) is 18.5. The second kappa shape index (κ2) is 9.25. The number of rotatable bonds is 7. The van der Waals surface area contributed by atoms with Gasteiger partial charge in [-0.2, -0.15) is 0 Å². The lowest BCUT2D eigenvalue weighted by atomic mass is 10.3. The van der Waals surface area contributed by atoms with Crippen LogP contribution < -0.4 is 9.64 Å². The van der Waals surface area contributed by atoms with Crippen molar-refractivity contribution in [1.29, 1.82) is 0 Å². The Labute approximate surface area is 181 Å². The Hall–Kier alpha value is -1.94. The molecule has 0 bridgehead atoms. The SMILES string of the molecule is CCOc1ccc2nc(N(CCN3CCOCC3)C(=O)c3ccc(Br)o3)sc2c1. The Morgan fingerprint density at radius 3 is 2.86 bits per heavy atom. The monoisotopic (exact) mass is 479 g/mol. The molecule has 0 spiro atoms. The van der Waals surface area contributed by atoms with Crippen molar-refractivity contribution in [2.45, 2.75) is 6.92 Å². The van der Waals surface area contributed by atoms with E-state index >= 15 is 0 Å². The molecule has 0 saturated carbocycles. The standard InChI is InChI=1S/C20H22BrN3O4S/c1-2-27-14-3-4-15-17(13-14)29-20(22-15)24(8-7-23-9-11-26-12-10-23)19(25)16-5-6-18(21)28-16/h3-6,13H,2,7-12H2,1H3. The van der Waals surface area contributed by atoms with Gasteiger partial charge in [-0.05, 0) is 53.2 Å². The molecular weight excluding hydrogens is 458 g/mol. The van der Waals surface area contributed by atoms with Gasteiger partial charge in [0.15, 0.2) is 15.6 Å². The Morgan fingerprint density at radius 1 is 1.31 bits per heavy atom. The molecule has 1 amide bonds. The highest BCUT2D eigenvalue weighted by molar-refractivity contribution is 9.10. The number of nitrogens with zero attached hydrogens (tertiary/aromatic N) is 3. The summed E-state index contributed by atoms with van der Waals surface area (Å²) in [4.78, 5) is 21.9. The van der Waals surface area contributed by atoms with E-state index in [9.17, 15) is 4.79 Å². The molecule has 0 aliphatic carbocycles. The molecule has 4 rings (SSSR count). The second-order valence-corrected chi connectivity index (χ2v) is 8.36. The molecular formula is C20H22BrN3O4S. The summed E-state index contributed by atoms with van der Waals surface area (Å²) in [6.45, 7) is 7.01. The van der Waals surface area contributed by atoms with Crippen LogP contribution >= 0.6 is 27.3 Å². The molecule has 0 radical (unpaired) electrons. The van der Waals surface area contributed by atoms with Crippen LogP contribution in [-0.4, -0.2) is 61.8 Å². The van der Waals surface area contributed by atoms with E-state index in [-0.39, 0.29) is 11.7 Å². The molecule has 1 saturated heterocycles. The van der Waals surface area contributed by atoms with Crippen molar-refractivity contribution in [2.24, 2.45) is 0 Å². The Morgan fingerprint density at radius 2 is 2.14 bits per heavy atom. The molecule has 0 unspecified atom stereocenters. The number of amides is 1. The van der Waals surface area contributed by atoms with Crippen molar-refractivity contribution in [3.63, 3.8) is 0 Å². The first-order valence-electron chi connectivity index (χ1n) is 9.54. The summed E-state index contributed by atoms with van der Waals surface area (Å²) in [6, 6.07) is 9.19. The topological polar surface area (TPSA) is 68.0 Å². The normalized spacial score (nSPS) is 15.0. The van der Waals surface area contributed by atoms with Crippen LogP contribution in [0.3, 0.4) is 0 Å². The van der Waals surface area contributed by atoms with E-state index < -0.39 is 0 Å². The number of halogens is 1. The largest absolute Gasteiger partial charge is 0.494 e. The lowest BCUT2D eigenvalue weighted by Crippen LogP contribution is -2.43. The number of thiazole rings is 1. The van der Waals surface area contributed by atoms with E-state index in [2.05, 4.69) is 20.8 Å². The number of aromatic nitrogens is 1. The van der Waals surface area contributed by atoms with Gasteiger partial charge < -0.3 is 13.9 Å². The molecule has 154 valence electrons. The zero-order valence-electron chi connectivity index (χ0n) is 16.1. The summed E-state index contributed by atoms with van der Waals surface area (Å²) in [5.41, 5.74) is 0.846. The van der Waals surface area contributed by atoms with Gasteiger partial charge in [0.25, 0.3) is 5.91 Å². The Balaban J connectivity index is 1.61. The first-order chi connectivity index (χ1) is 14.1. The minimum atomic E-state index is -0.201. The maximum Gasteiger partial charge on any atom is 0.295 e. The number of ether oxygens (including phenoxy) is 2. The number of benzene rings is 1. The van der Waals surface area contributed by atoms with Crippen molar-refractivity contribution in [3.8, 4) is 5.75 Å². The third kappa shape index (κ3) is 4.80. The van der Waals surface area contributed by atoms with Gasteiger partial charge in [-0.15, -0.1) is 0 Å². The average molecular weight is 480 g/mol. The van der Waals surface area contributed by atoms with Gasteiger partial charge in [0.2, 0.25) is 0 Å². The molecule has 1 aliphatic heterocycles. The Bertz CT molecular complexity index is 983. The van der Waals surface area contributed by atoms with Crippen LogP contribution in [0.25, 0.3) is 10.2 Å². The number of hydrogen-bond donors (Lipinski definition) is 0. The molecule has 1 fully saturated rings. The van der Waals surface area contributed by atoms with Crippen LogP contribution in [0.2, 0.25) is 0 Å². The van der Waals surface area contributed by atoms with Crippen LogP contribution in [-0.2, 0) is 4.74 Å². The molecule has 1 aromatic carbocycles. The summed E-state index contributed by atoms with van der Waals surface area (Å²) >= 11 is 4.75. The van der Waals surface area contributed by atoms with Crippen molar-refractivity contribution in [3.05, 3.63) is 40.8 Å². The van der Waals surface area contributed by atoms with Gasteiger partial charge in [-0.25, -0.2) is 4.98 Å². The number of hydrogen-bond acceptors (Lipinski definition) is 7. The summed E-state index contributed by atoms with van der Waals surface area (Å²) < 4.78 is 18.0. The molecule has 9 heteroatoms. The van der Waals surface area contributed by atoms with Crippen molar-refractivity contribution < 1.29 is 18.7 Å². The van der Waals surface area contributed by atoms with Crippen molar-refractivity contribution >= 4 is 48.5 Å². The van der Waals surface area contributed by atoms with E-state index in [1.54, 1.807) is 17.0 Å². The molecule has 0 atom stereocenters. The number of carbonyl (C=O) groups is 1. The molecule has 29 heavy (non-hydrogen) atoms. The lowest BCUT2D eigenvalue weighted by Gasteiger charge is -2.28. The summed E-state index contributed by atoms with van der Waals surface area (Å²) in [6.07, 6.45) is 0. The lowest BCUT2D eigenvalue weighted by molar-refractivity contribution is 0.0390. The van der Waals surface area contributed by atoms with Crippen LogP contribution in [0.4, 0.5) is 5.13 Å². The minimum absolute atomic E-state index is 0.201. The molecule has 2 aromatic heterocycles. The maximum atomic E-state index is 13.2. The summed E-state index contributed by atoms with van der Waals surface area (Å²) in [5, 5.41) is 0.652. The highest BCUT2D eigenvalue weighted by Gasteiger charge is 2.25.